The number of amides is 1. The van der Waals surface area contributed by atoms with Crippen LogP contribution in [0.3, 0.4) is 0 Å². The Hall–Kier alpha value is -3.09. The van der Waals surface area contributed by atoms with Gasteiger partial charge in [-0.15, -0.1) is 0 Å². The molecule has 0 aliphatic heterocycles. The lowest BCUT2D eigenvalue weighted by molar-refractivity contribution is -0.385. The highest BCUT2D eigenvalue weighted by Crippen LogP contribution is 2.28. The van der Waals surface area contributed by atoms with Crippen LogP contribution < -0.4 is 14.8 Å². The molecule has 0 fully saturated rings. The second kappa shape index (κ2) is 9.41. The normalized spacial score (nSPS) is 10.2. The largest absolute Gasteiger partial charge is 0.490 e. The van der Waals surface area contributed by atoms with Gasteiger partial charge in [0, 0.05) is 18.2 Å². The van der Waals surface area contributed by atoms with E-state index in [1.165, 1.54) is 6.07 Å². The van der Waals surface area contributed by atoms with Crippen molar-refractivity contribution in [1.82, 2.24) is 5.32 Å². The summed E-state index contributed by atoms with van der Waals surface area (Å²) in [6.07, 6.45) is -0.0491. The molecule has 0 aromatic heterocycles. The van der Waals surface area contributed by atoms with E-state index in [9.17, 15) is 14.9 Å². The van der Waals surface area contributed by atoms with Gasteiger partial charge in [-0.3, -0.25) is 14.9 Å². The summed E-state index contributed by atoms with van der Waals surface area (Å²) in [4.78, 5) is 22.7. The highest BCUT2D eigenvalue weighted by Gasteiger charge is 2.15. The van der Waals surface area contributed by atoms with Gasteiger partial charge >= 0.3 is 0 Å². The molecule has 2 rings (SSSR count). The maximum Gasteiger partial charge on any atom is 0.273 e. The van der Waals surface area contributed by atoms with Crippen LogP contribution in [0, 0.1) is 10.1 Å². The number of carbonyl (C=O) groups is 1. The number of nitrogens with zero attached hydrogens (tertiary/aromatic N) is 1. The van der Waals surface area contributed by atoms with E-state index in [0.29, 0.717) is 36.8 Å². The van der Waals surface area contributed by atoms with Crippen LogP contribution in [0.1, 0.15) is 25.0 Å². The molecule has 0 aliphatic rings. The molecule has 0 unspecified atom stereocenters. The molecule has 0 saturated heterocycles. The predicted octanol–water partition coefficient (Wildman–Crippen LogP) is 3.25. The van der Waals surface area contributed by atoms with Gasteiger partial charge in [0.1, 0.15) is 0 Å². The van der Waals surface area contributed by atoms with Gasteiger partial charge in [-0.1, -0.05) is 24.3 Å². The van der Waals surface area contributed by atoms with Crippen LogP contribution in [0.2, 0.25) is 0 Å². The van der Waals surface area contributed by atoms with E-state index in [1.54, 1.807) is 24.3 Å². The molecule has 2 aromatic rings. The number of hydrogen-bond donors (Lipinski definition) is 1. The number of rotatable bonds is 9. The first-order valence-corrected chi connectivity index (χ1v) is 8.42. The molecule has 0 heterocycles. The van der Waals surface area contributed by atoms with Crippen LogP contribution in [0.5, 0.6) is 11.5 Å². The van der Waals surface area contributed by atoms with Crippen LogP contribution in [0.15, 0.2) is 42.5 Å². The minimum atomic E-state index is -0.483. The van der Waals surface area contributed by atoms with Gasteiger partial charge in [0.25, 0.3) is 5.69 Å². The standard InChI is InChI=1S/C19H22N2O5/c1-3-25-17-10-9-14(11-18(17)26-4-2)13-20-19(22)12-15-7-5-6-8-16(15)21(23)24/h5-11H,3-4,12-13H2,1-2H3,(H,20,22). The zero-order valence-corrected chi connectivity index (χ0v) is 14.9. The van der Waals surface area contributed by atoms with Gasteiger partial charge in [-0.2, -0.15) is 0 Å². The fourth-order valence-corrected chi connectivity index (χ4v) is 2.48. The first-order chi connectivity index (χ1) is 12.5. The molecule has 0 atom stereocenters. The molecule has 2 aromatic carbocycles. The number of hydrogen-bond acceptors (Lipinski definition) is 5. The molecule has 7 nitrogen and oxygen atoms in total. The van der Waals surface area contributed by atoms with Crippen molar-refractivity contribution < 1.29 is 19.2 Å². The van der Waals surface area contributed by atoms with Crippen molar-refractivity contribution in [2.45, 2.75) is 26.8 Å². The summed E-state index contributed by atoms with van der Waals surface area (Å²) in [5.41, 5.74) is 1.19. The minimum Gasteiger partial charge on any atom is -0.490 e. The summed E-state index contributed by atoms with van der Waals surface area (Å²) >= 11 is 0. The van der Waals surface area contributed by atoms with Crippen molar-refractivity contribution >= 4 is 11.6 Å². The van der Waals surface area contributed by atoms with Crippen LogP contribution >= 0.6 is 0 Å². The zero-order valence-electron chi connectivity index (χ0n) is 14.9. The van der Waals surface area contributed by atoms with E-state index >= 15 is 0 Å². The topological polar surface area (TPSA) is 90.7 Å². The van der Waals surface area contributed by atoms with Crippen LogP contribution in [-0.2, 0) is 17.8 Å². The van der Waals surface area contributed by atoms with Gasteiger partial charge in [0.05, 0.1) is 24.6 Å². The Bertz CT molecular complexity index is 776. The predicted molar refractivity (Wildman–Crippen MR) is 97.4 cm³/mol. The summed E-state index contributed by atoms with van der Waals surface area (Å²) in [5.74, 6) is 0.996. The van der Waals surface area contributed by atoms with Crippen molar-refractivity contribution in [2.24, 2.45) is 0 Å². The Kier molecular flexibility index (Phi) is 6.96. The summed E-state index contributed by atoms with van der Waals surface area (Å²) in [6.45, 7) is 5.12. The van der Waals surface area contributed by atoms with Gasteiger partial charge in [-0.25, -0.2) is 0 Å². The van der Waals surface area contributed by atoms with Gasteiger partial charge in [0.2, 0.25) is 5.91 Å². The monoisotopic (exact) mass is 358 g/mol. The van der Waals surface area contributed by atoms with E-state index in [4.69, 9.17) is 9.47 Å². The third kappa shape index (κ3) is 5.20. The second-order valence-corrected chi connectivity index (χ2v) is 5.49. The van der Waals surface area contributed by atoms with E-state index in [-0.39, 0.29) is 18.0 Å². The molecule has 0 radical (unpaired) electrons. The number of ether oxygens (including phenoxy) is 2. The Morgan fingerprint density at radius 2 is 1.77 bits per heavy atom. The lowest BCUT2D eigenvalue weighted by Gasteiger charge is -2.13. The summed E-state index contributed by atoms with van der Waals surface area (Å²) in [5, 5.41) is 13.8. The van der Waals surface area contributed by atoms with Crippen molar-refractivity contribution in [3.8, 4) is 11.5 Å². The van der Waals surface area contributed by atoms with E-state index in [1.807, 2.05) is 26.0 Å². The number of benzene rings is 2. The summed E-state index contributed by atoms with van der Waals surface area (Å²) < 4.78 is 11.1. The molecule has 1 amide bonds. The molecule has 7 heteroatoms. The maximum atomic E-state index is 12.2. The molecule has 0 aliphatic carbocycles. The van der Waals surface area contributed by atoms with E-state index in [0.717, 1.165) is 5.56 Å². The highest BCUT2D eigenvalue weighted by molar-refractivity contribution is 5.79. The summed E-state index contributed by atoms with van der Waals surface area (Å²) in [6, 6.07) is 11.7. The molecular weight excluding hydrogens is 336 g/mol. The highest BCUT2D eigenvalue weighted by atomic mass is 16.6. The fourth-order valence-electron chi connectivity index (χ4n) is 2.48. The summed E-state index contributed by atoms with van der Waals surface area (Å²) in [7, 11) is 0. The third-order valence-electron chi connectivity index (χ3n) is 3.64. The number of nitro benzene ring substituents is 1. The molecule has 0 saturated carbocycles. The average Bonchev–Trinajstić information content (AvgIpc) is 2.62. The molecule has 1 N–H and O–H groups in total. The fraction of sp³-hybridized carbons (Fsp3) is 0.316. The number of para-hydroxylation sites is 1. The average molecular weight is 358 g/mol. The SMILES string of the molecule is CCOc1ccc(CNC(=O)Cc2ccccc2[N+](=O)[O-])cc1OCC. The minimum absolute atomic E-state index is 0.0491. The smallest absolute Gasteiger partial charge is 0.273 e. The Labute approximate surface area is 152 Å². The van der Waals surface area contributed by atoms with Crippen LogP contribution in [0.25, 0.3) is 0 Å². The Morgan fingerprint density at radius 3 is 2.46 bits per heavy atom. The Balaban J connectivity index is 2.01. The van der Waals surface area contributed by atoms with Gasteiger partial charge in [0.15, 0.2) is 11.5 Å². The number of carbonyl (C=O) groups excluding carboxylic acids is 1. The van der Waals surface area contributed by atoms with Crippen LogP contribution in [0.4, 0.5) is 5.69 Å². The van der Waals surface area contributed by atoms with Gasteiger partial charge in [-0.05, 0) is 31.5 Å². The van der Waals surface area contributed by atoms with E-state index < -0.39 is 4.92 Å². The molecule has 0 bridgehead atoms. The second-order valence-electron chi connectivity index (χ2n) is 5.49. The van der Waals surface area contributed by atoms with Crippen LogP contribution in [-0.4, -0.2) is 24.0 Å². The van der Waals surface area contributed by atoms with Gasteiger partial charge < -0.3 is 14.8 Å². The molecule has 0 spiro atoms. The first kappa shape index (κ1) is 19.2. The quantitative estimate of drug-likeness (QED) is 0.549. The van der Waals surface area contributed by atoms with Crippen molar-refractivity contribution in [3.63, 3.8) is 0 Å². The lowest BCUT2D eigenvalue weighted by atomic mass is 10.1. The molecule has 26 heavy (non-hydrogen) atoms. The van der Waals surface area contributed by atoms with Crippen molar-refractivity contribution in [3.05, 3.63) is 63.7 Å². The lowest BCUT2D eigenvalue weighted by Crippen LogP contribution is -2.24. The van der Waals surface area contributed by atoms with Crippen molar-refractivity contribution in [2.75, 3.05) is 13.2 Å². The molecule has 138 valence electrons. The molecular formula is C19H22N2O5. The number of nitrogens with one attached hydrogen (secondary N) is 1. The number of nitro groups is 1. The van der Waals surface area contributed by atoms with E-state index in [2.05, 4.69) is 5.32 Å². The third-order valence-corrected chi connectivity index (χ3v) is 3.64. The zero-order chi connectivity index (χ0) is 18.9. The van der Waals surface area contributed by atoms with Crippen molar-refractivity contribution in [1.29, 1.82) is 0 Å². The first-order valence-electron chi connectivity index (χ1n) is 8.42. The maximum absolute atomic E-state index is 12.2. The Morgan fingerprint density at radius 1 is 1.08 bits per heavy atom.